The van der Waals surface area contributed by atoms with Crippen LogP contribution < -0.4 is 9.47 Å². The molecular formula is C22H17BrO4. The van der Waals surface area contributed by atoms with E-state index in [1.807, 2.05) is 36.4 Å². The molecule has 0 atom stereocenters. The van der Waals surface area contributed by atoms with Crippen LogP contribution in [0.2, 0.25) is 0 Å². The first-order chi connectivity index (χ1) is 13.0. The predicted molar refractivity (Wildman–Crippen MR) is 106 cm³/mol. The second-order valence-electron chi connectivity index (χ2n) is 5.88. The maximum atomic E-state index is 12.3. The van der Waals surface area contributed by atoms with Gasteiger partial charge in [0.1, 0.15) is 18.1 Å². The first-order valence-electron chi connectivity index (χ1n) is 8.32. The number of rotatable bonds is 6. The molecule has 0 radical (unpaired) electrons. The highest BCUT2D eigenvalue weighted by Crippen LogP contribution is 2.21. The molecule has 0 fully saturated rings. The van der Waals surface area contributed by atoms with Crippen LogP contribution in [0.25, 0.3) is 0 Å². The van der Waals surface area contributed by atoms with Crippen LogP contribution in [-0.4, -0.2) is 11.8 Å². The zero-order valence-electron chi connectivity index (χ0n) is 14.6. The van der Waals surface area contributed by atoms with Crippen molar-refractivity contribution in [2.45, 2.75) is 13.5 Å². The second-order valence-corrected chi connectivity index (χ2v) is 6.80. The van der Waals surface area contributed by atoms with Crippen LogP contribution in [0.3, 0.4) is 0 Å². The number of carbonyl (C=O) groups excluding carboxylic acids is 2. The van der Waals surface area contributed by atoms with Gasteiger partial charge in [0, 0.05) is 4.47 Å². The summed E-state index contributed by atoms with van der Waals surface area (Å²) in [6, 6.07) is 21.2. The summed E-state index contributed by atoms with van der Waals surface area (Å²) in [6.45, 7) is 1.83. The molecular weight excluding hydrogens is 408 g/mol. The summed E-state index contributed by atoms with van der Waals surface area (Å²) in [5.41, 5.74) is 1.71. The molecule has 136 valence electrons. The number of benzene rings is 3. The Morgan fingerprint density at radius 1 is 0.889 bits per heavy atom. The van der Waals surface area contributed by atoms with Gasteiger partial charge in [-0.2, -0.15) is 0 Å². The Labute approximate surface area is 165 Å². The molecule has 4 nitrogen and oxygen atoms in total. The molecule has 3 aromatic carbocycles. The summed E-state index contributed by atoms with van der Waals surface area (Å²) in [6.07, 6.45) is 0. The SMILES string of the molecule is CC(=O)c1ccccc1OC(=O)c1ccc(COc2ccc(Br)cc2)cc1. The molecule has 0 aliphatic carbocycles. The summed E-state index contributed by atoms with van der Waals surface area (Å²) in [7, 11) is 0. The molecule has 5 heteroatoms. The normalized spacial score (nSPS) is 10.3. The van der Waals surface area contributed by atoms with E-state index in [0.717, 1.165) is 15.8 Å². The first kappa shape index (κ1) is 18.9. The lowest BCUT2D eigenvalue weighted by Gasteiger charge is -2.09. The highest BCUT2D eigenvalue weighted by Gasteiger charge is 2.13. The Morgan fingerprint density at radius 3 is 2.22 bits per heavy atom. The molecule has 3 rings (SSSR count). The molecule has 0 saturated carbocycles. The summed E-state index contributed by atoms with van der Waals surface area (Å²) >= 11 is 3.38. The van der Waals surface area contributed by atoms with Crippen LogP contribution in [0, 0.1) is 0 Å². The van der Waals surface area contributed by atoms with E-state index in [9.17, 15) is 9.59 Å². The topological polar surface area (TPSA) is 52.6 Å². The van der Waals surface area contributed by atoms with E-state index in [-0.39, 0.29) is 11.5 Å². The lowest BCUT2D eigenvalue weighted by molar-refractivity contribution is 0.0733. The lowest BCUT2D eigenvalue weighted by Crippen LogP contribution is -2.11. The number of Topliss-reactive ketones (excluding diaryl/α,β-unsaturated/α-hetero) is 1. The standard InChI is InChI=1S/C22H17BrO4/c1-15(24)20-4-2-3-5-21(20)27-22(25)17-8-6-16(7-9-17)14-26-19-12-10-18(23)11-13-19/h2-13H,14H2,1H3. The van der Waals surface area contributed by atoms with Crippen molar-refractivity contribution in [3.8, 4) is 11.5 Å². The zero-order valence-corrected chi connectivity index (χ0v) is 16.2. The van der Waals surface area contributed by atoms with Gasteiger partial charge in [0.2, 0.25) is 0 Å². The van der Waals surface area contributed by atoms with Gasteiger partial charge in [-0.25, -0.2) is 4.79 Å². The molecule has 0 heterocycles. The van der Waals surface area contributed by atoms with E-state index >= 15 is 0 Å². The van der Waals surface area contributed by atoms with Crippen molar-refractivity contribution in [2.24, 2.45) is 0 Å². The number of esters is 1. The fourth-order valence-corrected chi connectivity index (χ4v) is 2.70. The minimum Gasteiger partial charge on any atom is -0.489 e. The minimum atomic E-state index is -0.510. The van der Waals surface area contributed by atoms with E-state index in [1.54, 1.807) is 36.4 Å². The molecule has 0 amide bonds. The molecule has 0 spiro atoms. The molecule has 0 aliphatic heterocycles. The number of ketones is 1. The highest BCUT2D eigenvalue weighted by molar-refractivity contribution is 9.10. The molecule has 0 bridgehead atoms. The Kier molecular flexibility index (Phi) is 6.04. The molecule has 0 aliphatic rings. The van der Waals surface area contributed by atoms with E-state index in [2.05, 4.69) is 15.9 Å². The van der Waals surface area contributed by atoms with Gasteiger partial charge in [-0.15, -0.1) is 0 Å². The monoisotopic (exact) mass is 424 g/mol. The van der Waals surface area contributed by atoms with Crippen molar-refractivity contribution >= 4 is 27.7 Å². The van der Waals surface area contributed by atoms with E-state index in [4.69, 9.17) is 9.47 Å². The maximum absolute atomic E-state index is 12.3. The van der Waals surface area contributed by atoms with Crippen molar-refractivity contribution in [1.82, 2.24) is 0 Å². The van der Waals surface area contributed by atoms with Gasteiger partial charge in [-0.1, -0.05) is 40.2 Å². The second kappa shape index (κ2) is 8.64. The fourth-order valence-electron chi connectivity index (χ4n) is 2.44. The highest BCUT2D eigenvalue weighted by atomic mass is 79.9. The van der Waals surface area contributed by atoms with Gasteiger partial charge in [0.25, 0.3) is 0 Å². The Balaban J connectivity index is 1.64. The maximum Gasteiger partial charge on any atom is 0.343 e. The molecule has 3 aromatic rings. The number of hydrogen-bond acceptors (Lipinski definition) is 4. The number of hydrogen-bond donors (Lipinski definition) is 0. The predicted octanol–water partition coefficient (Wildman–Crippen LogP) is 5.45. The van der Waals surface area contributed by atoms with Crippen LogP contribution in [0.5, 0.6) is 11.5 Å². The van der Waals surface area contributed by atoms with Gasteiger partial charge < -0.3 is 9.47 Å². The molecule has 0 N–H and O–H groups in total. The third-order valence-corrected chi connectivity index (χ3v) is 4.41. The summed E-state index contributed by atoms with van der Waals surface area (Å²) in [5.74, 6) is 0.364. The minimum absolute atomic E-state index is 0.154. The van der Waals surface area contributed by atoms with Gasteiger partial charge in [0.15, 0.2) is 5.78 Å². The van der Waals surface area contributed by atoms with Gasteiger partial charge in [-0.3, -0.25) is 4.79 Å². The van der Waals surface area contributed by atoms with E-state index < -0.39 is 5.97 Å². The Bertz CT molecular complexity index is 947. The van der Waals surface area contributed by atoms with Crippen molar-refractivity contribution in [1.29, 1.82) is 0 Å². The van der Waals surface area contributed by atoms with Crippen molar-refractivity contribution in [2.75, 3.05) is 0 Å². The van der Waals surface area contributed by atoms with Crippen molar-refractivity contribution in [3.05, 3.63) is 94.0 Å². The van der Waals surface area contributed by atoms with E-state index in [1.165, 1.54) is 6.92 Å². The lowest BCUT2D eigenvalue weighted by atomic mass is 10.1. The molecule has 0 saturated heterocycles. The molecule has 27 heavy (non-hydrogen) atoms. The quantitative estimate of drug-likeness (QED) is 0.300. The van der Waals surface area contributed by atoms with E-state index in [0.29, 0.717) is 17.7 Å². The Hall–Kier alpha value is -2.92. The van der Waals surface area contributed by atoms with Crippen LogP contribution in [-0.2, 0) is 6.61 Å². The smallest absolute Gasteiger partial charge is 0.343 e. The fraction of sp³-hybridized carbons (Fsp3) is 0.0909. The van der Waals surface area contributed by atoms with Crippen molar-refractivity contribution < 1.29 is 19.1 Å². The summed E-state index contributed by atoms with van der Waals surface area (Å²) in [5, 5.41) is 0. The number of halogens is 1. The summed E-state index contributed by atoms with van der Waals surface area (Å²) in [4.78, 5) is 24.0. The van der Waals surface area contributed by atoms with Crippen LogP contribution in [0.15, 0.2) is 77.3 Å². The van der Waals surface area contributed by atoms with Crippen LogP contribution in [0.4, 0.5) is 0 Å². The zero-order chi connectivity index (χ0) is 19.2. The third-order valence-electron chi connectivity index (χ3n) is 3.88. The largest absolute Gasteiger partial charge is 0.489 e. The molecule has 0 aromatic heterocycles. The molecule has 0 unspecified atom stereocenters. The average Bonchev–Trinajstić information content (AvgIpc) is 2.68. The van der Waals surface area contributed by atoms with Crippen LogP contribution in [0.1, 0.15) is 33.2 Å². The van der Waals surface area contributed by atoms with Gasteiger partial charge in [-0.05, 0) is 61.0 Å². The number of ether oxygens (including phenoxy) is 2. The van der Waals surface area contributed by atoms with Crippen LogP contribution >= 0.6 is 15.9 Å². The van der Waals surface area contributed by atoms with Gasteiger partial charge in [0.05, 0.1) is 11.1 Å². The number of carbonyl (C=O) groups is 2. The van der Waals surface area contributed by atoms with Crippen molar-refractivity contribution in [3.63, 3.8) is 0 Å². The Morgan fingerprint density at radius 2 is 1.56 bits per heavy atom. The average molecular weight is 425 g/mol. The first-order valence-corrected chi connectivity index (χ1v) is 9.11. The van der Waals surface area contributed by atoms with Gasteiger partial charge >= 0.3 is 5.97 Å². The summed E-state index contributed by atoms with van der Waals surface area (Å²) < 4.78 is 12.1. The number of para-hydroxylation sites is 1. The third kappa shape index (κ3) is 5.05.